The maximum Gasteiger partial charge on any atom is 0.227 e. The summed E-state index contributed by atoms with van der Waals surface area (Å²) in [5.41, 5.74) is 6.85. The molecule has 1 heterocycles. The van der Waals surface area contributed by atoms with E-state index in [1.807, 2.05) is 59.5 Å². The number of hydrogen-bond donors (Lipinski definition) is 0. The first-order chi connectivity index (χ1) is 20.4. The Hall–Kier alpha value is -4.51. The van der Waals surface area contributed by atoms with Gasteiger partial charge in [-0.2, -0.15) is 0 Å². The zero-order chi connectivity index (χ0) is 29.1. The van der Waals surface area contributed by atoms with Crippen molar-refractivity contribution in [1.82, 2.24) is 4.90 Å². The zero-order valence-corrected chi connectivity index (χ0v) is 23.8. The Bertz CT molecular complexity index is 1610. The minimum atomic E-state index is -0.445. The molecule has 0 unspecified atom stereocenters. The van der Waals surface area contributed by atoms with Crippen molar-refractivity contribution in [3.63, 3.8) is 0 Å². The van der Waals surface area contributed by atoms with E-state index in [-0.39, 0.29) is 29.8 Å². The highest BCUT2D eigenvalue weighted by Crippen LogP contribution is 2.37. The molecule has 0 spiro atoms. The van der Waals surface area contributed by atoms with Gasteiger partial charge in [0.15, 0.2) is 5.78 Å². The number of rotatable bonds is 9. The number of hydrogen-bond acceptors (Lipinski definition) is 3. The molecule has 5 heteroatoms. The maximum atomic E-state index is 13.9. The third-order valence-electron chi connectivity index (χ3n) is 8.44. The first-order valence-corrected chi connectivity index (χ1v) is 14.6. The van der Waals surface area contributed by atoms with Crippen molar-refractivity contribution in [2.75, 3.05) is 6.54 Å². The largest absolute Gasteiger partial charge is 0.457 e. The molecule has 0 bridgehead atoms. The highest BCUT2D eigenvalue weighted by atomic mass is 19.1. The van der Waals surface area contributed by atoms with Crippen LogP contribution in [0.25, 0.3) is 5.57 Å². The molecule has 1 aliphatic heterocycles. The first kappa shape index (κ1) is 27.6. The summed E-state index contributed by atoms with van der Waals surface area (Å²) in [6.45, 7) is 2.69. The molecule has 0 radical (unpaired) electrons. The van der Waals surface area contributed by atoms with E-state index in [2.05, 4.69) is 31.2 Å². The van der Waals surface area contributed by atoms with Crippen LogP contribution in [0.2, 0.25) is 0 Å². The molecule has 2 aliphatic rings. The standard InChI is InChI=1S/C37H34FNO3/c1-25-19-29-9-5-6-10-33(29)34(25)23-37(41)39-24-28(20-26-7-3-2-4-8-26)21-35(39)36(40)22-27-11-15-31(16-12-27)42-32-17-13-30(38)14-18-32/h2-18,28,35H,19-24H2,1H3/t28-,35+/m1/s1. The summed E-state index contributed by atoms with van der Waals surface area (Å²) in [6, 6.07) is 31.4. The van der Waals surface area contributed by atoms with Gasteiger partial charge in [0, 0.05) is 13.0 Å². The minimum absolute atomic E-state index is 0.0259. The van der Waals surface area contributed by atoms with Crippen LogP contribution in [0.15, 0.2) is 109 Å². The molecule has 212 valence electrons. The minimum Gasteiger partial charge on any atom is -0.457 e. The first-order valence-electron chi connectivity index (χ1n) is 14.6. The fourth-order valence-corrected chi connectivity index (χ4v) is 6.32. The lowest BCUT2D eigenvalue weighted by Crippen LogP contribution is -2.41. The van der Waals surface area contributed by atoms with Gasteiger partial charge in [-0.3, -0.25) is 9.59 Å². The van der Waals surface area contributed by atoms with Crippen molar-refractivity contribution in [2.24, 2.45) is 5.92 Å². The average Bonchev–Trinajstić information content (AvgIpc) is 3.56. The predicted octanol–water partition coefficient (Wildman–Crippen LogP) is 7.61. The van der Waals surface area contributed by atoms with E-state index in [4.69, 9.17) is 4.74 Å². The van der Waals surface area contributed by atoms with Crippen molar-refractivity contribution in [2.45, 2.75) is 45.1 Å². The van der Waals surface area contributed by atoms with E-state index < -0.39 is 6.04 Å². The number of carbonyl (C=O) groups is 2. The van der Waals surface area contributed by atoms with Crippen molar-refractivity contribution >= 4 is 17.3 Å². The van der Waals surface area contributed by atoms with Crippen LogP contribution in [-0.4, -0.2) is 29.2 Å². The van der Waals surface area contributed by atoms with Crippen LogP contribution in [0.3, 0.4) is 0 Å². The van der Waals surface area contributed by atoms with Crippen molar-refractivity contribution in [1.29, 1.82) is 0 Å². The lowest BCUT2D eigenvalue weighted by atomic mass is 9.94. The molecule has 1 aliphatic carbocycles. The smallest absolute Gasteiger partial charge is 0.227 e. The van der Waals surface area contributed by atoms with Crippen LogP contribution in [0.1, 0.15) is 42.0 Å². The molecule has 2 atom stereocenters. The second kappa shape index (κ2) is 12.2. The van der Waals surface area contributed by atoms with E-state index in [0.717, 1.165) is 29.5 Å². The van der Waals surface area contributed by atoms with Crippen LogP contribution < -0.4 is 4.74 Å². The zero-order valence-electron chi connectivity index (χ0n) is 23.8. The molecule has 4 aromatic carbocycles. The number of benzene rings is 4. The number of carbonyl (C=O) groups excluding carboxylic acids is 2. The summed E-state index contributed by atoms with van der Waals surface area (Å²) < 4.78 is 19.0. The Labute approximate surface area is 246 Å². The van der Waals surface area contributed by atoms with Gasteiger partial charge in [-0.05, 0) is 96.3 Å². The molecule has 0 aromatic heterocycles. The second-order valence-corrected chi connectivity index (χ2v) is 11.5. The number of nitrogens with zero attached hydrogens (tertiary/aromatic N) is 1. The van der Waals surface area contributed by atoms with E-state index in [1.54, 1.807) is 12.1 Å². The quantitative estimate of drug-likeness (QED) is 0.212. The normalized spacial score (nSPS) is 17.8. The Balaban J connectivity index is 1.17. The number of amides is 1. The number of Topliss-reactive ketones (excluding diaryl/α,β-unsaturated/α-hetero) is 1. The molecule has 4 nitrogen and oxygen atoms in total. The SMILES string of the molecule is CC1=C(CC(=O)N2C[C@H](Cc3ccccc3)C[C@H]2C(=O)Cc2ccc(Oc3ccc(F)cc3)cc2)c2ccccc2C1. The number of likely N-dealkylation sites (tertiary alicyclic amines) is 1. The summed E-state index contributed by atoms with van der Waals surface area (Å²) in [6.07, 6.45) is 2.95. The fourth-order valence-electron chi connectivity index (χ4n) is 6.32. The molecule has 1 saturated heterocycles. The maximum absolute atomic E-state index is 13.9. The average molecular weight is 560 g/mol. The van der Waals surface area contributed by atoms with E-state index in [1.165, 1.54) is 28.8 Å². The number of ether oxygens (including phenoxy) is 1. The van der Waals surface area contributed by atoms with Gasteiger partial charge in [0.05, 0.1) is 12.5 Å². The fraction of sp³-hybridized carbons (Fsp3) is 0.243. The van der Waals surface area contributed by atoms with Gasteiger partial charge in [0.2, 0.25) is 5.91 Å². The van der Waals surface area contributed by atoms with Gasteiger partial charge in [-0.15, -0.1) is 0 Å². The summed E-state index contributed by atoms with van der Waals surface area (Å²) in [5, 5.41) is 0. The van der Waals surface area contributed by atoms with E-state index in [0.29, 0.717) is 30.9 Å². The molecule has 42 heavy (non-hydrogen) atoms. The van der Waals surface area contributed by atoms with E-state index in [9.17, 15) is 14.0 Å². The van der Waals surface area contributed by atoms with Crippen LogP contribution in [0.4, 0.5) is 4.39 Å². The van der Waals surface area contributed by atoms with Gasteiger partial charge in [-0.1, -0.05) is 72.3 Å². The monoisotopic (exact) mass is 559 g/mol. The molecule has 0 N–H and O–H groups in total. The lowest BCUT2D eigenvalue weighted by Gasteiger charge is -2.24. The summed E-state index contributed by atoms with van der Waals surface area (Å²) >= 11 is 0. The number of ketones is 1. The van der Waals surface area contributed by atoms with E-state index >= 15 is 0 Å². The Morgan fingerprint density at radius 3 is 2.21 bits per heavy atom. The van der Waals surface area contributed by atoms with Gasteiger partial charge in [0.1, 0.15) is 17.3 Å². The number of allylic oxidation sites excluding steroid dienone is 1. The molecule has 4 aromatic rings. The summed E-state index contributed by atoms with van der Waals surface area (Å²) in [5.74, 6) is 1.14. The van der Waals surface area contributed by atoms with Gasteiger partial charge in [0.25, 0.3) is 0 Å². The lowest BCUT2D eigenvalue weighted by molar-refractivity contribution is -0.136. The van der Waals surface area contributed by atoms with Crippen molar-refractivity contribution in [3.05, 3.63) is 137 Å². The highest BCUT2D eigenvalue weighted by Gasteiger charge is 2.39. The summed E-state index contributed by atoms with van der Waals surface area (Å²) in [4.78, 5) is 29.5. The van der Waals surface area contributed by atoms with Crippen LogP contribution in [0.5, 0.6) is 11.5 Å². The second-order valence-electron chi connectivity index (χ2n) is 11.5. The number of halogens is 1. The number of fused-ring (bicyclic) bond motifs is 1. The molecular weight excluding hydrogens is 525 g/mol. The topological polar surface area (TPSA) is 46.6 Å². The van der Waals surface area contributed by atoms with Crippen molar-refractivity contribution in [3.8, 4) is 11.5 Å². The molecule has 1 fully saturated rings. The van der Waals surface area contributed by atoms with Gasteiger partial charge < -0.3 is 9.64 Å². The molecular formula is C37H34FNO3. The van der Waals surface area contributed by atoms with Gasteiger partial charge in [-0.25, -0.2) is 4.39 Å². The van der Waals surface area contributed by atoms with Crippen LogP contribution in [0, 0.1) is 11.7 Å². The Morgan fingerprint density at radius 2 is 1.48 bits per heavy atom. The predicted molar refractivity (Wildman–Crippen MR) is 163 cm³/mol. The van der Waals surface area contributed by atoms with Crippen LogP contribution >= 0.6 is 0 Å². The van der Waals surface area contributed by atoms with Gasteiger partial charge >= 0.3 is 0 Å². The third kappa shape index (κ3) is 6.20. The Morgan fingerprint density at radius 1 is 0.810 bits per heavy atom. The molecule has 0 saturated carbocycles. The van der Waals surface area contributed by atoms with Crippen molar-refractivity contribution < 1.29 is 18.7 Å². The van der Waals surface area contributed by atoms with Crippen LogP contribution in [-0.2, 0) is 28.9 Å². The molecule has 6 rings (SSSR count). The molecule has 1 amide bonds. The summed E-state index contributed by atoms with van der Waals surface area (Å²) in [7, 11) is 0. The third-order valence-corrected chi connectivity index (χ3v) is 8.44. The highest BCUT2D eigenvalue weighted by molar-refractivity contribution is 5.96. The Kier molecular flexibility index (Phi) is 8.00.